The number of rotatable bonds is 4. The van der Waals surface area contributed by atoms with Crippen LogP contribution in [-0.4, -0.2) is 22.2 Å². The molecule has 18 heavy (non-hydrogen) atoms. The molecule has 0 aliphatic heterocycles. The molecular weight excluding hydrogens is 228 g/mol. The highest BCUT2D eigenvalue weighted by atomic mass is 16.1. The van der Waals surface area contributed by atoms with Crippen LogP contribution >= 0.6 is 0 Å². The number of amides is 1. The molecule has 0 bridgehead atoms. The molecule has 0 aliphatic rings. The number of hydrogen-bond acceptors (Lipinski definition) is 3. The number of nitrogens with two attached hydrogens (primary N) is 1. The van der Waals surface area contributed by atoms with E-state index in [1.165, 1.54) is 0 Å². The van der Waals surface area contributed by atoms with Crippen LogP contribution in [0.2, 0.25) is 0 Å². The van der Waals surface area contributed by atoms with Gasteiger partial charge in [-0.1, -0.05) is 12.1 Å². The fourth-order valence-corrected chi connectivity index (χ4v) is 1.51. The van der Waals surface area contributed by atoms with Gasteiger partial charge in [-0.25, -0.2) is 4.68 Å². The number of carbonyl (C=O) groups excluding carboxylic acids is 1. The Hall–Kier alpha value is -2.56. The zero-order valence-electron chi connectivity index (χ0n) is 9.84. The van der Waals surface area contributed by atoms with Crippen LogP contribution in [0.3, 0.4) is 0 Å². The molecule has 2 aromatic rings. The lowest BCUT2D eigenvalue weighted by Crippen LogP contribution is -2.23. The van der Waals surface area contributed by atoms with Gasteiger partial charge in [0.25, 0.3) is 5.91 Å². The lowest BCUT2D eigenvalue weighted by molar-refractivity contribution is 0.0952. The predicted octanol–water partition coefficient (Wildman–Crippen LogP) is 1.37. The summed E-state index contributed by atoms with van der Waals surface area (Å²) in [5, 5.41) is 6.86. The van der Waals surface area contributed by atoms with Crippen LogP contribution in [-0.2, 0) is 0 Å². The Morgan fingerprint density at radius 2 is 2.33 bits per heavy atom. The molecule has 0 unspecified atom stereocenters. The Kier molecular flexibility index (Phi) is 3.43. The topological polar surface area (TPSA) is 72.9 Å². The number of benzene rings is 1. The second-order valence-corrected chi connectivity index (χ2v) is 3.74. The van der Waals surface area contributed by atoms with Crippen molar-refractivity contribution in [2.75, 3.05) is 12.3 Å². The second-order valence-electron chi connectivity index (χ2n) is 3.74. The number of anilines is 1. The standard InChI is InChI=1S/C13H14N4O/c1-2-7-15-13(18)12-6-8-17(16-12)11-5-3-4-10(14)9-11/h2-6,8-9H,1,7,14H2,(H,15,18). The minimum Gasteiger partial charge on any atom is -0.399 e. The lowest BCUT2D eigenvalue weighted by Gasteiger charge is -2.02. The maximum Gasteiger partial charge on any atom is 0.272 e. The quantitative estimate of drug-likeness (QED) is 0.628. The SMILES string of the molecule is C=CCNC(=O)c1ccn(-c2cccc(N)c2)n1. The highest BCUT2D eigenvalue weighted by molar-refractivity contribution is 5.92. The summed E-state index contributed by atoms with van der Waals surface area (Å²) in [6.45, 7) is 3.96. The zero-order chi connectivity index (χ0) is 13.0. The maximum atomic E-state index is 11.7. The summed E-state index contributed by atoms with van der Waals surface area (Å²) in [7, 11) is 0. The van der Waals surface area contributed by atoms with E-state index in [-0.39, 0.29) is 5.91 Å². The van der Waals surface area contributed by atoms with Crippen molar-refractivity contribution < 1.29 is 4.79 Å². The van der Waals surface area contributed by atoms with E-state index in [9.17, 15) is 4.79 Å². The molecule has 0 fully saturated rings. The molecule has 0 saturated heterocycles. The average molecular weight is 242 g/mol. The first-order valence-electron chi connectivity index (χ1n) is 5.51. The lowest BCUT2D eigenvalue weighted by atomic mass is 10.3. The Morgan fingerprint density at radius 3 is 3.06 bits per heavy atom. The van der Waals surface area contributed by atoms with E-state index >= 15 is 0 Å². The smallest absolute Gasteiger partial charge is 0.272 e. The highest BCUT2D eigenvalue weighted by Crippen LogP contribution is 2.11. The first-order valence-corrected chi connectivity index (χ1v) is 5.51. The van der Waals surface area contributed by atoms with E-state index < -0.39 is 0 Å². The molecule has 0 atom stereocenters. The van der Waals surface area contributed by atoms with E-state index in [1.807, 2.05) is 12.1 Å². The van der Waals surface area contributed by atoms with E-state index in [0.29, 0.717) is 17.9 Å². The van der Waals surface area contributed by atoms with Gasteiger partial charge in [-0.2, -0.15) is 5.10 Å². The molecular formula is C13H14N4O. The van der Waals surface area contributed by atoms with Gasteiger partial charge >= 0.3 is 0 Å². The van der Waals surface area contributed by atoms with Crippen molar-refractivity contribution in [1.82, 2.24) is 15.1 Å². The molecule has 5 heteroatoms. The van der Waals surface area contributed by atoms with E-state index in [1.54, 1.807) is 35.2 Å². The van der Waals surface area contributed by atoms with Gasteiger partial charge in [-0.15, -0.1) is 6.58 Å². The third kappa shape index (κ3) is 2.57. The number of nitrogen functional groups attached to an aromatic ring is 1. The highest BCUT2D eigenvalue weighted by Gasteiger charge is 2.08. The van der Waals surface area contributed by atoms with Gasteiger partial charge in [0.2, 0.25) is 0 Å². The van der Waals surface area contributed by atoms with Crippen molar-refractivity contribution in [1.29, 1.82) is 0 Å². The summed E-state index contributed by atoms with van der Waals surface area (Å²) in [5.74, 6) is -0.224. The van der Waals surface area contributed by atoms with Crippen LogP contribution in [0, 0.1) is 0 Å². The van der Waals surface area contributed by atoms with Crippen molar-refractivity contribution >= 4 is 11.6 Å². The van der Waals surface area contributed by atoms with Gasteiger partial charge < -0.3 is 11.1 Å². The molecule has 3 N–H and O–H groups in total. The molecule has 1 heterocycles. The zero-order valence-corrected chi connectivity index (χ0v) is 9.84. The third-order valence-corrected chi connectivity index (χ3v) is 2.36. The summed E-state index contributed by atoms with van der Waals surface area (Å²) in [6.07, 6.45) is 3.34. The fourth-order valence-electron chi connectivity index (χ4n) is 1.51. The molecule has 0 saturated carbocycles. The predicted molar refractivity (Wildman–Crippen MR) is 70.5 cm³/mol. The molecule has 1 aromatic heterocycles. The summed E-state index contributed by atoms with van der Waals surface area (Å²) in [5.41, 5.74) is 7.53. The molecule has 1 aromatic carbocycles. The van der Waals surface area contributed by atoms with Gasteiger partial charge in [-0.3, -0.25) is 4.79 Å². The fraction of sp³-hybridized carbons (Fsp3) is 0.0769. The Labute approximate surface area is 105 Å². The van der Waals surface area contributed by atoms with Crippen molar-refractivity contribution in [3.05, 3.63) is 54.9 Å². The van der Waals surface area contributed by atoms with E-state index in [0.717, 1.165) is 5.69 Å². The van der Waals surface area contributed by atoms with Crippen LogP contribution in [0.1, 0.15) is 10.5 Å². The molecule has 0 aliphatic carbocycles. The Morgan fingerprint density at radius 1 is 1.50 bits per heavy atom. The minimum atomic E-state index is -0.224. The van der Waals surface area contributed by atoms with Crippen LogP contribution < -0.4 is 11.1 Å². The molecule has 0 spiro atoms. The number of carbonyl (C=O) groups is 1. The third-order valence-electron chi connectivity index (χ3n) is 2.36. The summed E-state index contributed by atoms with van der Waals surface area (Å²) < 4.78 is 1.61. The van der Waals surface area contributed by atoms with Crippen molar-refractivity contribution in [3.63, 3.8) is 0 Å². The van der Waals surface area contributed by atoms with Crippen LogP contribution in [0.15, 0.2) is 49.2 Å². The number of hydrogen-bond donors (Lipinski definition) is 2. The van der Waals surface area contributed by atoms with Crippen molar-refractivity contribution in [3.8, 4) is 5.69 Å². The van der Waals surface area contributed by atoms with Gasteiger partial charge in [0.1, 0.15) is 0 Å². The number of nitrogens with zero attached hydrogens (tertiary/aromatic N) is 2. The van der Waals surface area contributed by atoms with Gasteiger partial charge in [0.05, 0.1) is 5.69 Å². The first-order chi connectivity index (χ1) is 8.70. The van der Waals surface area contributed by atoms with E-state index in [2.05, 4.69) is 17.0 Å². The number of nitrogens with one attached hydrogen (secondary N) is 1. The van der Waals surface area contributed by atoms with E-state index in [4.69, 9.17) is 5.73 Å². The summed E-state index contributed by atoms with van der Waals surface area (Å²) in [6, 6.07) is 8.95. The maximum absolute atomic E-state index is 11.7. The monoisotopic (exact) mass is 242 g/mol. The van der Waals surface area contributed by atoms with Crippen molar-refractivity contribution in [2.45, 2.75) is 0 Å². The Balaban J connectivity index is 2.20. The molecule has 1 amide bonds. The van der Waals surface area contributed by atoms with Gasteiger partial charge in [-0.05, 0) is 24.3 Å². The van der Waals surface area contributed by atoms with Crippen LogP contribution in [0.4, 0.5) is 5.69 Å². The van der Waals surface area contributed by atoms with Gasteiger partial charge in [0.15, 0.2) is 5.69 Å². The van der Waals surface area contributed by atoms with Gasteiger partial charge in [0, 0.05) is 18.4 Å². The second kappa shape index (κ2) is 5.18. The molecule has 0 radical (unpaired) electrons. The molecule has 92 valence electrons. The minimum absolute atomic E-state index is 0.224. The molecule has 2 rings (SSSR count). The Bertz CT molecular complexity index is 574. The number of aromatic nitrogens is 2. The van der Waals surface area contributed by atoms with Crippen LogP contribution in [0.5, 0.6) is 0 Å². The normalized spacial score (nSPS) is 10.0. The molecule has 5 nitrogen and oxygen atoms in total. The summed E-state index contributed by atoms with van der Waals surface area (Å²) in [4.78, 5) is 11.7. The largest absolute Gasteiger partial charge is 0.399 e. The summed E-state index contributed by atoms with van der Waals surface area (Å²) >= 11 is 0. The average Bonchev–Trinajstić information content (AvgIpc) is 2.85. The first kappa shape index (κ1) is 11.9. The van der Waals surface area contributed by atoms with Crippen LogP contribution in [0.25, 0.3) is 5.69 Å². The van der Waals surface area contributed by atoms with Crippen molar-refractivity contribution in [2.24, 2.45) is 0 Å².